The number of halogens is 2. The number of urea groups is 1. The van der Waals surface area contributed by atoms with E-state index in [1.54, 1.807) is 25.1 Å². The topological polar surface area (TPSA) is 90.5 Å². The van der Waals surface area contributed by atoms with Crippen molar-refractivity contribution in [3.05, 3.63) is 33.8 Å². The van der Waals surface area contributed by atoms with Gasteiger partial charge in [-0.25, -0.2) is 9.59 Å². The number of benzene rings is 1. The van der Waals surface area contributed by atoms with E-state index in [0.717, 1.165) is 0 Å². The molecule has 0 aliphatic rings. The predicted molar refractivity (Wildman–Crippen MR) is 77.4 cm³/mol. The Hall–Kier alpha value is -1.66. The summed E-state index contributed by atoms with van der Waals surface area (Å²) >= 11 is 12.0. The fourth-order valence-corrected chi connectivity index (χ4v) is 2.03. The second kappa shape index (κ2) is 7.81. The average Bonchev–Trinajstić information content (AvgIpc) is 2.38. The highest BCUT2D eigenvalue weighted by Crippen LogP contribution is 2.29. The molecule has 4 N–H and O–H groups in total. The van der Waals surface area contributed by atoms with Crippen molar-refractivity contribution < 1.29 is 14.7 Å². The molecule has 0 radical (unpaired) electrons. The summed E-state index contributed by atoms with van der Waals surface area (Å²) in [6.07, 6.45) is -1.22. The molecule has 1 aromatic rings. The van der Waals surface area contributed by atoms with Crippen LogP contribution in [0.25, 0.3) is 0 Å². The molecular weight excluding hydrogens is 305 g/mol. The summed E-state index contributed by atoms with van der Waals surface area (Å²) in [6, 6.07) is 3.83. The first-order valence-electron chi connectivity index (χ1n) is 5.90. The van der Waals surface area contributed by atoms with E-state index in [4.69, 9.17) is 28.3 Å². The number of nitrogens with one attached hydrogen (secondary N) is 3. The van der Waals surface area contributed by atoms with Gasteiger partial charge in [-0.3, -0.25) is 0 Å². The Balaban J connectivity index is 2.86. The van der Waals surface area contributed by atoms with E-state index in [1.165, 1.54) is 0 Å². The lowest BCUT2D eigenvalue weighted by molar-refractivity contribution is 0.189. The van der Waals surface area contributed by atoms with Crippen molar-refractivity contribution >= 4 is 35.3 Å². The van der Waals surface area contributed by atoms with E-state index in [9.17, 15) is 9.59 Å². The van der Waals surface area contributed by atoms with Gasteiger partial charge in [-0.2, -0.15) is 0 Å². The summed E-state index contributed by atoms with van der Waals surface area (Å²) in [5.74, 6) is 0. The van der Waals surface area contributed by atoms with Crippen LogP contribution in [0.1, 0.15) is 18.5 Å². The van der Waals surface area contributed by atoms with Gasteiger partial charge in [0.05, 0.1) is 16.1 Å². The number of amides is 3. The lowest BCUT2D eigenvalue weighted by Crippen LogP contribution is -2.41. The standard InChI is InChI=1S/C12H15Cl2N3O3/c1-2-15-11(18)16-6-9(17-12(19)20)7-4-3-5-8(13)10(7)14/h3-5,9,17H,2,6H2,1H3,(H,19,20)(H2,15,16,18). The largest absolute Gasteiger partial charge is 0.465 e. The molecule has 110 valence electrons. The maximum Gasteiger partial charge on any atom is 0.405 e. The molecule has 0 spiro atoms. The molecule has 1 unspecified atom stereocenters. The zero-order valence-electron chi connectivity index (χ0n) is 10.7. The number of carbonyl (C=O) groups excluding carboxylic acids is 1. The molecule has 0 aromatic heterocycles. The third-order valence-corrected chi connectivity index (χ3v) is 3.29. The lowest BCUT2D eigenvalue weighted by Gasteiger charge is -2.19. The van der Waals surface area contributed by atoms with E-state index in [-0.39, 0.29) is 17.6 Å². The van der Waals surface area contributed by atoms with Crippen LogP contribution in [0.3, 0.4) is 0 Å². The number of carbonyl (C=O) groups is 2. The summed E-state index contributed by atoms with van der Waals surface area (Å²) in [4.78, 5) is 22.2. The Morgan fingerprint density at radius 2 is 2.00 bits per heavy atom. The lowest BCUT2D eigenvalue weighted by atomic mass is 10.1. The molecular formula is C12H15Cl2N3O3. The molecule has 0 aliphatic carbocycles. The van der Waals surface area contributed by atoms with Gasteiger partial charge in [0, 0.05) is 13.1 Å². The van der Waals surface area contributed by atoms with E-state index < -0.39 is 12.1 Å². The van der Waals surface area contributed by atoms with E-state index in [2.05, 4.69) is 16.0 Å². The van der Waals surface area contributed by atoms with Crippen LogP contribution in [0.2, 0.25) is 10.0 Å². The average molecular weight is 320 g/mol. The molecule has 0 aliphatic heterocycles. The fourth-order valence-electron chi connectivity index (χ4n) is 1.60. The van der Waals surface area contributed by atoms with Crippen LogP contribution in [0.15, 0.2) is 18.2 Å². The van der Waals surface area contributed by atoms with Gasteiger partial charge in [0.15, 0.2) is 0 Å². The third-order valence-electron chi connectivity index (χ3n) is 2.46. The Kier molecular flexibility index (Phi) is 6.41. The van der Waals surface area contributed by atoms with Gasteiger partial charge in [0.2, 0.25) is 0 Å². The molecule has 1 aromatic carbocycles. The first-order valence-corrected chi connectivity index (χ1v) is 6.66. The molecule has 6 nitrogen and oxygen atoms in total. The maximum atomic E-state index is 11.4. The van der Waals surface area contributed by atoms with Crippen LogP contribution < -0.4 is 16.0 Å². The summed E-state index contributed by atoms with van der Waals surface area (Å²) in [5.41, 5.74) is 0.498. The minimum absolute atomic E-state index is 0.0538. The summed E-state index contributed by atoms with van der Waals surface area (Å²) in [6.45, 7) is 2.30. The van der Waals surface area contributed by atoms with E-state index in [0.29, 0.717) is 17.1 Å². The molecule has 0 bridgehead atoms. The zero-order valence-corrected chi connectivity index (χ0v) is 12.3. The first kappa shape index (κ1) is 16.4. The van der Waals surface area contributed by atoms with Crippen LogP contribution >= 0.6 is 23.2 Å². The summed E-state index contributed by atoms with van der Waals surface area (Å²) in [7, 11) is 0. The Morgan fingerprint density at radius 3 is 2.60 bits per heavy atom. The molecule has 1 atom stereocenters. The van der Waals surface area contributed by atoms with Gasteiger partial charge >= 0.3 is 12.1 Å². The van der Waals surface area contributed by atoms with Gasteiger partial charge in [0.1, 0.15) is 0 Å². The fraction of sp³-hybridized carbons (Fsp3) is 0.333. The van der Waals surface area contributed by atoms with Crippen LogP contribution in [-0.4, -0.2) is 30.3 Å². The van der Waals surface area contributed by atoms with Crippen LogP contribution in [-0.2, 0) is 0 Å². The number of carboxylic acid groups (broad SMARTS) is 1. The van der Waals surface area contributed by atoms with Gasteiger partial charge in [0.25, 0.3) is 0 Å². The van der Waals surface area contributed by atoms with Crippen molar-refractivity contribution in [2.24, 2.45) is 0 Å². The molecule has 0 fully saturated rings. The predicted octanol–water partition coefficient (Wildman–Crippen LogP) is 2.62. The first-order chi connectivity index (χ1) is 9.45. The van der Waals surface area contributed by atoms with Crippen molar-refractivity contribution in [3.8, 4) is 0 Å². The summed E-state index contributed by atoms with van der Waals surface area (Å²) < 4.78 is 0. The minimum atomic E-state index is -1.22. The van der Waals surface area contributed by atoms with Crippen molar-refractivity contribution in [2.75, 3.05) is 13.1 Å². The van der Waals surface area contributed by atoms with Crippen molar-refractivity contribution in [1.82, 2.24) is 16.0 Å². The Labute approximate surface area is 126 Å². The number of hydrogen-bond acceptors (Lipinski definition) is 2. The quantitative estimate of drug-likeness (QED) is 0.672. The smallest absolute Gasteiger partial charge is 0.405 e. The summed E-state index contributed by atoms with van der Waals surface area (Å²) in [5, 5.41) is 16.8. The molecule has 0 heterocycles. The number of hydrogen-bond donors (Lipinski definition) is 4. The second-order valence-electron chi connectivity index (χ2n) is 3.89. The second-order valence-corrected chi connectivity index (χ2v) is 4.67. The van der Waals surface area contributed by atoms with E-state index >= 15 is 0 Å². The minimum Gasteiger partial charge on any atom is -0.465 e. The van der Waals surface area contributed by atoms with Gasteiger partial charge < -0.3 is 21.1 Å². The maximum absolute atomic E-state index is 11.4. The highest BCUT2D eigenvalue weighted by Gasteiger charge is 2.19. The normalized spacial score (nSPS) is 11.6. The number of rotatable bonds is 5. The molecule has 8 heteroatoms. The molecule has 20 heavy (non-hydrogen) atoms. The third kappa shape index (κ3) is 4.79. The van der Waals surface area contributed by atoms with Crippen LogP contribution in [0.4, 0.5) is 9.59 Å². The van der Waals surface area contributed by atoms with Crippen LogP contribution in [0.5, 0.6) is 0 Å². The van der Waals surface area contributed by atoms with Gasteiger partial charge in [-0.05, 0) is 18.6 Å². The molecule has 0 saturated carbocycles. The molecule has 0 saturated heterocycles. The monoisotopic (exact) mass is 319 g/mol. The van der Waals surface area contributed by atoms with Crippen LogP contribution in [0, 0.1) is 0 Å². The van der Waals surface area contributed by atoms with Crippen molar-refractivity contribution in [3.63, 3.8) is 0 Å². The SMILES string of the molecule is CCNC(=O)NCC(NC(=O)O)c1cccc(Cl)c1Cl. The molecule has 3 amide bonds. The highest BCUT2D eigenvalue weighted by atomic mass is 35.5. The van der Waals surface area contributed by atoms with E-state index in [1.807, 2.05) is 0 Å². The molecule has 1 rings (SSSR count). The highest BCUT2D eigenvalue weighted by molar-refractivity contribution is 6.42. The Bertz CT molecular complexity index is 497. The van der Waals surface area contributed by atoms with Gasteiger partial charge in [-0.1, -0.05) is 35.3 Å². The zero-order chi connectivity index (χ0) is 15.1. The van der Waals surface area contributed by atoms with Gasteiger partial charge in [-0.15, -0.1) is 0 Å². The van der Waals surface area contributed by atoms with Crippen molar-refractivity contribution in [1.29, 1.82) is 0 Å². The Morgan fingerprint density at radius 1 is 1.30 bits per heavy atom. The van der Waals surface area contributed by atoms with Crippen molar-refractivity contribution in [2.45, 2.75) is 13.0 Å².